The second-order valence-corrected chi connectivity index (χ2v) is 4.54. The fourth-order valence-corrected chi connectivity index (χ4v) is 2.15. The number of anilines is 1. The van der Waals surface area contributed by atoms with Gasteiger partial charge in [0.25, 0.3) is 0 Å². The normalized spacial score (nSPS) is 10.3. The molecule has 5 heteroatoms. The van der Waals surface area contributed by atoms with Gasteiger partial charge in [0.1, 0.15) is 11.9 Å². The highest BCUT2D eigenvalue weighted by atomic mass is 19.1. The van der Waals surface area contributed by atoms with Crippen LogP contribution >= 0.6 is 0 Å². The van der Waals surface area contributed by atoms with Crippen molar-refractivity contribution in [2.75, 3.05) is 5.32 Å². The molecular weight excluding hydrogens is 267 g/mol. The van der Waals surface area contributed by atoms with Gasteiger partial charge in [-0.1, -0.05) is 30.3 Å². The monoisotopic (exact) mass is 278 g/mol. The van der Waals surface area contributed by atoms with E-state index in [-0.39, 0.29) is 11.5 Å². The molecule has 102 valence electrons. The van der Waals surface area contributed by atoms with Crippen molar-refractivity contribution >= 4 is 16.6 Å². The van der Waals surface area contributed by atoms with Crippen LogP contribution in [0, 0.1) is 17.1 Å². The molecule has 4 nitrogen and oxygen atoms in total. The van der Waals surface area contributed by atoms with Gasteiger partial charge in [-0.3, -0.25) is 0 Å². The average Bonchev–Trinajstić information content (AvgIpc) is 2.52. The standard InChI is InChI=1S/C16H11FN4/c17-12-5-3-4-11(8-12)10-19-16-13-6-1-2-7-14(13)20-21-15(16)9-18/h1-8H,10H2,(H,19,20). The topological polar surface area (TPSA) is 61.6 Å². The van der Waals surface area contributed by atoms with Crippen molar-refractivity contribution in [2.45, 2.75) is 6.54 Å². The Kier molecular flexibility index (Phi) is 3.44. The minimum atomic E-state index is -0.285. The minimum absolute atomic E-state index is 0.227. The van der Waals surface area contributed by atoms with Gasteiger partial charge in [-0.05, 0) is 23.8 Å². The Balaban J connectivity index is 1.98. The quantitative estimate of drug-likeness (QED) is 0.798. The van der Waals surface area contributed by atoms with E-state index in [4.69, 9.17) is 5.26 Å². The summed E-state index contributed by atoms with van der Waals surface area (Å²) in [6.45, 7) is 0.405. The van der Waals surface area contributed by atoms with Crippen LogP contribution in [0.2, 0.25) is 0 Å². The lowest BCUT2D eigenvalue weighted by Crippen LogP contribution is -2.05. The van der Waals surface area contributed by atoms with Crippen LogP contribution in [0.1, 0.15) is 11.3 Å². The summed E-state index contributed by atoms with van der Waals surface area (Å²) in [6, 6.07) is 15.8. The Morgan fingerprint density at radius 2 is 1.95 bits per heavy atom. The second kappa shape index (κ2) is 5.55. The van der Waals surface area contributed by atoms with Crippen LogP contribution in [0.5, 0.6) is 0 Å². The Bertz CT molecular complexity index is 839. The van der Waals surface area contributed by atoms with E-state index < -0.39 is 0 Å². The fourth-order valence-electron chi connectivity index (χ4n) is 2.15. The molecule has 1 N–H and O–H groups in total. The Morgan fingerprint density at radius 3 is 2.76 bits per heavy atom. The van der Waals surface area contributed by atoms with E-state index in [0.717, 1.165) is 10.9 Å². The van der Waals surface area contributed by atoms with Crippen molar-refractivity contribution in [2.24, 2.45) is 0 Å². The van der Waals surface area contributed by atoms with Crippen molar-refractivity contribution in [3.8, 4) is 6.07 Å². The zero-order valence-electron chi connectivity index (χ0n) is 11.0. The van der Waals surface area contributed by atoms with Gasteiger partial charge in [0, 0.05) is 11.9 Å². The number of halogens is 1. The molecule has 2 aromatic carbocycles. The molecule has 0 radical (unpaired) electrons. The van der Waals surface area contributed by atoms with Crippen molar-refractivity contribution in [1.82, 2.24) is 10.2 Å². The zero-order chi connectivity index (χ0) is 14.7. The summed E-state index contributed by atoms with van der Waals surface area (Å²) in [5.41, 5.74) is 2.34. The first-order chi connectivity index (χ1) is 10.3. The Labute approximate surface area is 120 Å². The smallest absolute Gasteiger partial charge is 0.186 e. The maximum atomic E-state index is 13.2. The van der Waals surface area contributed by atoms with Crippen LogP contribution in [0.3, 0.4) is 0 Å². The maximum Gasteiger partial charge on any atom is 0.186 e. The fraction of sp³-hybridized carbons (Fsp3) is 0.0625. The largest absolute Gasteiger partial charge is 0.378 e. The highest BCUT2D eigenvalue weighted by molar-refractivity contribution is 5.92. The molecule has 0 amide bonds. The SMILES string of the molecule is N#Cc1nnc2ccccc2c1NCc1cccc(F)c1. The summed E-state index contributed by atoms with van der Waals surface area (Å²) < 4.78 is 13.2. The van der Waals surface area contributed by atoms with Gasteiger partial charge < -0.3 is 5.32 Å². The summed E-state index contributed by atoms with van der Waals surface area (Å²) in [5, 5.41) is 21.1. The molecular formula is C16H11FN4. The molecule has 0 aliphatic rings. The molecule has 1 aromatic heterocycles. The van der Waals surface area contributed by atoms with E-state index >= 15 is 0 Å². The molecule has 0 atom stereocenters. The van der Waals surface area contributed by atoms with Gasteiger partial charge in [-0.25, -0.2) is 4.39 Å². The predicted octanol–water partition coefficient (Wildman–Crippen LogP) is 3.25. The van der Waals surface area contributed by atoms with Crippen molar-refractivity contribution < 1.29 is 4.39 Å². The number of nitrogens with zero attached hydrogens (tertiary/aromatic N) is 3. The Morgan fingerprint density at radius 1 is 1.10 bits per heavy atom. The number of hydrogen-bond acceptors (Lipinski definition) is 4. The highest BCUT2D eigenvalue weighted by Gasteiger charge is 2.09. The summed E-state index contributed by atoms with van der Waals surface area (Å²) >= 11 is 0. The maximum absolute atomic E-state index is 13.2. The first kappa shape index (κ1) is 13.0. The molecule has 0 bridgehead atoms. The van der Waals surface area contributed by atoms with Crippen LogP contribution in [0.25, 0.3) is 10.9 Å². The molecule has 0 unspecified atom stereocenters. The highest BCUT2D eigenvalue weighted by Crippen LogP contribution is 2.24. The van der Waals surface area contributed by atoms with E-state index in [1.54, 1.807) is 6.07 Å². The van der Waals surface area contributed by atoms with Gasteiger partial charge in [-0.2, -0.15) is 5.26 Å². The van der Waals surface area contributed by atoms with Crippen molar-refractivity contribution in [1.29, 1.82) is 5.26 Å². The van der Waals surface area contributed by atoms with Crippen molar-refractivity contribution in [3.63, 3.8) is 0 Å². The van der Waals surface area contributed by atoms with Crippen LogP contribution in [-0.2, 0) is 6.54 Å². The van der Waals surface area contributed by atoms with E-state index in [1.165, 1.54) is 12.1 Å². The number of fused-ring (bicyclic) bond motifs is 1. The lowest BCUT2D eigenvalue weighted by molar-refractivity contribution is 0.626. The molecule has 0 saturated heterocycles. The predicted molar refractivity (Wildman–Crippen MR) is 78.0 cm³/mol. The van der Waals surface area contributed by atoms with Gasteiger partial charge in [0.05, 0.1) is 11.2 Å². The summed E-state index contributed by atoms with van der Waals surface area (Å²) in [7, 11) is 0. The number of rotatable bonds is 3. The minimum Gasteiger partial charge on any atom is -0.378 e. The average molecular weight is 278 g/mol. The number of hydrogen-bond donors (Lipinski definition) is 1. The lowest BCUT2D eigenvalue weighted by Gasteiger charge is -2.10. The third kappa shape index (κ3) is 2.65. The molecule has 0 aliphatic heterocycles. The van der Waals surface area contributed by atoms with Gasteiger partial charge in [-0.15, -0.1) is 10.2 Å². The molecule has 21 heavy (non-hydrogen) atoms. The molecule has 0 aliphatic carbocycles. The van der Waals surface area contributed by atoms with Crippen LogP contribution in [0.15, 0.2) is 48.5 Å². The number of aromatic nitrogens is 2. The molecule has 0 fully saturated rings. The van der Waals surface area contributed by atoms with E-state index in [9.17, 15) is 4.39 Å². The number of benzene rings is 2. The first-order valence-electron chi connectivity index (χ1n) is 6.42. The van der Waals surface area contributed by atoms with Gasteiger partial charge in [0.2, 0.25) is 0 Å². The third-order valence-corrected chi connectivity index (χ3v) is 3.13. The van der Waals surface area contributed by atoms with Gasteiger partial charge in [0.15, 0.2) is 5.69 Å². The van der Waals surface area contributed by atoms with E-state index in [0.29, 0.717) is 17.7 Å². The van der Waals surface area contributed by atoms with E-state index in [2.05, 4.69) is 15.5 Å². The van der Waals surface area contributed by atoms with Crippen molar-refractivity contribution in [3.05, 3.63) is 65.6 Å². The molecule has 3 rings (SSSR count). The third-order valence-electron chi connectivity index (χ3n) is 3.13. The van der Waals surface area contributed by atoms with Crippen LogP contribution in [0.4, 0.5) is 10.1 Å². The summed E-state index contributed by atoms with van der Waals surface area (Å²) in [4.78, 5) is 0. The van der Waals surface area contributed by atoms with Crippen LogP contribution < -0.4 is 5.32 Å². The molecule has 3 aromatic rings. The number of nitrogens with one attached hydrogen (secondary N) is 1. The summed E-state index contributed by atoms with van der Waals surface area (Å²) in [6.07, 6.45) is 0. The zero-order valence-corrected chi connectivity index (χ0v) is 11.0. The van der Waals surface area contributed by atoms with Crippen LogP contribution in [-0.4, -0.2) is 10.2 Å². The molecule has 1 heterocycles. The summed E-state index contributed by atoms with van der Waals surface area (Å²) in [5.74, 6) is -0.285. The van der Waals surface area contributed by atoms with Gasteiger partial charge >= 0.3 is 0 Å². The number of nitriles is 1. The molecule has 0 spiro atoms. The molecule has 0 saturated carbocycles. The second-order valence-electron chi connectivity index (χ2n) is 4.54. The lowest BCUT2D eigenvalue weighted by atomic mass is 10.1. The van der Waals surface area contributed by atoms with E-state index in [1.807, 2.05) is 36.4 Å². The first-order valence-corrected chi connectivity index (χ1v) is 6.42. The Hall–Kier alpha value is -3.00.